The third-order valence-electron chi connectivity index (χ3n) is 13.4. The minimum atomic E-state index is -1.81. The van der Waals surface area contributed by atoms with Crippen LogP contribution in [0.1, 0.15) is 90.4 Å². The van der Waals surface area contributed by atoms with E-state index >= 15 is 0 Å². The van der Waals surface area contributed by atoms with Gasteiger partial charge in [0, 0.05) is 54.4 Å². The number of rotatable bonds is 14. The van der Waals surface area contributed by atoms with Crippen LogP contribution in [0.5, 0.6) is 0 Å². The molecule has 0 saturated carbocycles. The Morgan fingerprint density at radius 3 is 1.17 bits per heavy atom. The molecule has 2 aromatic rings. The lowest BCUT2D eigenvalue weighted by atomic mass is 9.75. The quantitative estimate of drug-likeness (QED) is 0.131. The Morgan fingerprint density at radius 2 is 0.883 bits per heavy atom. The van der Waals surface area contributed by atoms with Gasteiger partial charge in [-0.1, -0.05) is 200 Å². The summed E-state index contributed by atoms with van der Waals surface area (Å²) in [7, 11) is -12.2. The van der Waals surface area contributed by atoms with Gasteiger partial charge in [0.1, 0.15) is 0 Å². The molecule has 0 fully saturated rings. The summed E-state index contributed by atoms with van der Waals surface area (Å²) in [5.41, 5.74) is 13.4. The molecule has 1 nitrogen and oxygen atoms in total. The highest BCUT2D eigenvalue weighted by molar-refractivity contribution is 7.00. The lowest BCUT2D eigenvalue weighted by molar-refractivity contribution is 0.547. The first kappa shape index (κ1) is 53.1. The molecule has 3 rings (SSSR count). The van der Waals surface area contributed by atoms with Crippen molar-refractivity contribution in [3.63, 3.8) is 0 Å². The molecule has 1 aliphatic rings. The molecule has 1 unspecified atom stereocenters. The van der Waals surface area contributed by atoms with E-state index in [1.807, 2.05) is 0 Å². The van der Waals surface area contributed by atoms with Gasteiger partial charge in [-0.2, -0.15) is 0 Å². The molecule has 0 heterocycles. The molecule has 0 aromatic heterocycles. The number of hydrogen-bond acceptors (Lipinski definition) is 0. The van der Waals surface area contributed by atoms with E-state index in [9.17, 15) is 0 Å². The number of benzene rings is 2. The predicted molar refractivity (Wildman–Crippen MR) is 295 cm³/mol. The average Bonchev–Trinajstić information content (AvgIpc) is 2.97. The van der Waals surface area contributed by atoms with E-state index in [4.69, 9.17) is 6.57 Å². The van der Waals surface area contributed by atoms with Crippen molar-refractivity contribution in [2.24, 2.45) is 23.7 Å². The number of allylic oxidation sites excluding steroid dienone is 4. The van der Waals surface area contributed by atoms with Crippen LogP contribution in [0.15, 0.2) is 47.2 Å². The normalized spacial score (nSPS) is 17.5. The van der Waals surface area contributed by atoms with Crippen molar-refractivity contribution in [2.75, 3.05) is 0 Å². The maximum absolute atomic E-state index is 8.98. The van der Waals surface area contributed by atoms with Crippen LogP contribution in [0, 0.1) is 51.0 Å². The van der Waals surface area contributed by atoms with Gasteiger partial charge < -0.3 is 0 Å². The Hall–Kier alpha value is -1.20. The second kappa shape index (κ2) is 18.4. The zero-order chi connectivity index (χ0) is 46.8. The average molecular weight is 929 g/mol. The van der Waals surface area contributed by atoms with Crippen LogP contribution in [0.2, 0.25) is 118 Å². The minimum Gasteiger partial charge on any atom is -0.242 e. The Balaban J connectivity index is 3.21. The van der Waals surface area contributed by atoms with Crippen LogP contribution in [0.4, 0.5) is 0 Å². The first-order chi connectivity index (χ1) is 26.8. The molecule has 1 aliphatic carbocycles. The largest absolute Gasteiger partial charge is 0.242 e. The van der Waals surface area contributed by atoms with Crippen molar-refractivity contribution >= 4 is 72.4 Å². The van der Waals surface area contributed by atoms with Crippen molar-refractivity contribution in [1.29, 1.82) is 0 Å². The van der Waals surface area contributed by atoms with Crippen LogP contribution in [-0.2, 0) is 0 Å². The molecule has 0 spiro atoms. The molecule has 8 heteroatoms. The second-order valence-corrected chi connectivity index (χ2v) is 62.6. The molecule has 0 bridgehead atoms. The predicted octanol–water partition coefficient (Wildman–Crippen LogP) is 15.2. The van der Waals surface area contributed by atoms with E-state index in [0.717, 1.165) is 5.70 Å². The summed E-state index contributed by atoms with van der Waals surface area (Å²) in [5, 5.41) is 6.93. The van der Waals surface area contributed by atoms with E-state index in [2.05, 4.69) is 215 Å². The topological polar surface area (TPSA) is 4.36 Å². The highest BCUT2D eigenvalue weighted by atomic mass is 28.4. The van der Waals surface area contributed by atoms with Crippen LogP contribution in [0.3, 0.4) is 0 Å². The van der Waals surface area contributed by atoms with E-state index in [-0.39, 0.29) is 5.92 Å². The molecule has 2 aromatic carbocycles. The zero-order valence-corrected chi connectivity index (χ0v) is 51.4. The molecular formula is C52H93NSi7. The summed E-state index contributed by atoms with van der Waals surface area (Å²) < 4.78 is 0. The highest BCUT2D eigenvalue weighted by Gasteiger charge is 2.48. The molecule has 0 radical (unpaired) electrons. The summed E-state index contributed by atoms with van der Waals surface area (Å²) >= 11 is 0. The van der Waals surface area contributed by atoms with Crippen molar-refractivity contribution in [2.45, 2.75) is 196 Å². The highest BCUT2D eigenvalue weighted by Crippen LogP contribution is 2.45. The maximum Gasteiger partial charge on any atom is 0.176 e. The molecule has 1 atom stereocenters. The van der Waals surface area contributed by atoms with Crippen molar-refractivity contribution in [1.82, 2.24) is 0 Å². The molecular weight excluding hydrogens is 835 g/mol. The zero-order valence-electron chi connectivity index (χ0n) is 44.4. The van der Waals surface area contributed by atoms with E-state index < -0.39 is 56.9 Å². The van der Waals surface area contributed by atoms with Gasteiger partial charge in [0.25, 0.3) is 0 Å². The number of nitrogens with zero attached hydrogens (tertiary/aromatic N) is 1. The fourth-order valence-electron chi connectivity index (χ4n) is 13.2. The Labute approximate surface area is 381 Å². The fraction of sp³-hybridized carbons (Fsp3) is 0.654. The number of aryl methyl sites for hydroxylation is 3. The first-order valence-corrected chi connectivity index (χ1v) is 46.6. The monoisotopic (exact) mass is 928 g/mol. The molecule has 0 N–H and O–H groups in total. The maximum atomic E-state index is 8.98. The van der Waals surface area contributed by atoms with Crippen LogP contribution < -0.4 is 10.4 Å². The van der Waals surface area contributed by atoms with Crippen LogP contribution in [-0.4, -0.2) is 62.0 Å². The van der Waals surface area contributed by atoms with Crippen LogP contribution in [0.25, 0.3) is 4.85 Å². The Kier molecular flexibility index (Phi) is 16.3. The first-order valence-electron chi connectivity index (χ1n) is 23.6. The SMILES string of the molecule is [C-]#[N+]C1=C(C(C)C)C=C(C(C)C)C(=[Si](c2c(C)cc(C)cc2C)c2c(C([Si](C)(C)C)[Si](C)(C)C)cc(C([Si](C)(C)C)[Si](C)(C)C)cc2C([Si](C)(C)C)[Si](C)(C)C)C1C(C)C. The summed E-state index contributed by atoms with van der Waals surface area (Å²) in [4.78, 5) is 4.61. The van der Waals surface area contributed by atoms with E-state index in [1.165, 1.54) is 27.8 Å². The fourth-order valence-corrected chi connectivity index (χ4v) is 56.1. The van der Waals surface area contributed by atoms with Gasteiger partial charge in [-0.25, -0.2) is 4.85 Å². The van der Waals surface area contributed by atoms with Gasteiger partial charge >= 0.3 is 0 Å². The van der Waals surface area contributed by atoms with Crippen molar-refractivity contribution in [3.8, 4) is 0 Å². The standard InChI is InChI=1S/C52H93NSi7/c1-34(2)41-33-42(35(3)4)49(45(36(5)6)46(41)53-10)54(47-38(8)29-37(7)30-39(47)9)48-43(51(57(17,18)19)58(20,21)22)31-40(50(55(11,12)13)56(14,15)16)32-44(48)52(59(23,24)25)60(26,27)28/h29-36,45,50-52H,1-9,11-28H3. The lowest BCUT2D eigenvalue weighted by Gasteiger charge is -2.47. The second-order valence-electron chi connectivity index (χ2n) is 26.7. The number of hydrogen-bond donors (Lipinski definition) is 0. The summed E-state index contributed by atoms with van der Waals surface area (Å²) in [6.45, 7) is 79.2. The summed E-state index contributed by atoms with van der Waals surface area (Å²) in [6, 6.07) is 10.9. The minimum absolute atomic E-state index is 0.0998. The van der Waals surface area contributed by atoms with Gasteiger partial charge in [0.2, 0.25) is 0 Å². The molecule has 60 heavy (non-hydrogen) atoms. The smallest absolute Gasteiger partial charge is 0.176 e. The molecule has 0 saturated heterocycles. The third kappa shape index (κ3) is 11.4. The summed E-state index contributed by atoms with van der Waals surface area (Å²) in [6.07, 6.45) is 2.56. The van der Waals surface area contributed by atoms with Crippen LogP contribution >= 0.6 is 0 Å². The van der Waals surface area contributed by atoms with E-state index in [0.29, 0.717) is 33.2 Å². The Bertz CT molecular complexity index is 1930. The summed E-state index contributed by atoms with van der Waals surface area (Å²) in [5.74, 6) is 1.08. The molecule has 0 amide bonds. The van der Waals surface area contributed by atoms with E-state index in [1.54, 1.807) is 32.2 Å². The van der Waals surface area contributed by atoms with Gasteiger partial charge in [0.15, 0.2) is 5.70 Å². The Morgan fingerprint density at radius 1 is 0.517 bits per heavy atom. The van der Waals surface area contributed by atoms with Gasteiger partial charge in [-0.05, 0) is 103 Å². The van der Waals surface area contributed by atoms with Crippen molar-refractivity contribution in [3.05, 3.63) is 92.0 Å². The van der Waals surface area contributed by atoms with Gasteiger partial charge in [0.05, 0.1) is 15.0 Å². The lowest BCUT2D eigenvalue weighted by Crippen LogP contribution is -2.57. The van der Waals surface area contributed by atoms with Gasteiger partial charge in [-0.15, -0.1) is 0 Å². The van der Waals surface area contributed by atoms with Crippen molar-refractivity contribution < 1.29 is 0 Å². The third-order valence-corrected chi connectivity index (χ3v) is 44.8. The molecule has 334 valence electrons. The van der Waals surface area contributed by atoms with Gasteiger partial charge in [-0.3, -0.25) is 0 Å². The molecule has 0 aliphatic heterocycles.